The summed E-state index contributed by atoms with van der Waals surface area (Å²) < 4.78 is 32.0. The monoisotopic (exact) mass is 283 g/mol. The minimum Gasteiger partial charge on any atom is -0.486 e. The molecule has 5 heteroatoms. The van der Waals surface area contributed by atoms with Crippen LogP contribution in [0, 0.1) is 11.6 Å². The Hall–Kier alpha value is -1.65. The second-order valence-electron chi connectivity index (χ2n) is 3.99. The van der Waals surface area contributed by atoms with Crippen LogP contribution in [0.25, 0.3) is 0 Å². The van der Waals surface area contributed by atoms with Crippen molar-refractivity contribution in [2.45, 2.75) is 13.2 Å². The van der Waals surface area contributed by atoms with Crippen LogP contribution < -0.4 is 10.5 Å². The van der Waals surface area contributed by atoms with Crippen LogP contribution in [-0.2, 0) is 13.2 Å². The van der Waals surface area contributed by atoms with Gasteiger partial charge in [0.15, 0.2) is 11.6 Å². The molecule has 0 atom stereocenters. The van der Waals surface area contributed by atoms with Gasteiger partial charge in [0, 0.05) is 17.1 Å². The van der Waals surface area contributed by atoms with E-state index in [9.17, 15) is 8.78 Å². The van der Waals surface area contributed by atoms with Gasteiger partial charge in [0.25, 0.3) is 0 Å². The van der Waals surface area contributed by atoms with Crippen molar-refractivity contribution in [1.29, 1.82) is 0 Å². The summed E-state index contributed by atoms with van der Waals surface area (Å²) in [6.45, 7) is 0.252. The number of nitrogens with two attached hydrogens (primary N) is 1. The molecule has 0 aliphatic heterocycles. The molecule has 2 nitrogen and oxygen atoms in total. The number of ether oxygens (including phenoxy) is 1. The van der Waals surface area contributed by atoms with Crippen LogP contribution in [0.5, 0.6) is 5.75 Å². The highest BCUT2D eigenvalue weighted by Gasteiger charge is 2.07. The minimum absolute atomic E-state index is 0.00448. The summed E-state index contributed by atoms with van der Waals surface area (Å²) in [7, 11) is 0. The Balaban J connectivity index is 2.12. The van der Waals surface area contributed by atoms with Crippen molar-refractivity contribution in [3.8, 4) is 5.75 Å². The van der Waals surface area contributed by atoms with Crippen LogP contribution in [0.2, 0.25) is 5.02 Å². The third kappa shape index (κ3) is 3.43. The normalized spacial score (nSPS) is 10.5. The predicted octanol–water partition coefficient (Wildman–Crippen LogP) is 3.66. The van der Waals surface area contributed by atoms with Crippen LogP contribution in [0.3, 0.4) is 0 Å². The molecule has 0 spiro atoms. The number of benzene rings is 2. The van der Waals surface area contributed by atoms with E-state index in [1.54, 1.807) is 6.07 Å². The van der Waals surface area contributed by atoms with Gasteiger partial charge < -0.3 is 10.5 Å². The standard InChI is InChI=1S/C14H12ClF2NO/c15-12-3-2-11(16)6-10(12)8-19-14-4-1-9(7-18)5-13(14)17/h1-6H,7-8,18H2. The Morgan fingerprint density at radius 3 is 2.58 bits per heavy atom. The fourth-order valence-corrected chi connectivity index (χ4v) is 1.77. The van der Waals surface area contributed by atoms with Crippen molar-refractivity contribution in [2.24, 2.45) is 5.73 Å². The molecule has 0 saturated carbocycles. The first-order valence-electron chi connectivity index (χ1n) is 5.65. The van der Waals surface area contributed by atoms with Gasteiger partial charge in [-0.3, -0.25) is 0 Å². The van der Waals surface area contributed by atoms with Gasteiger partial charge in [-0.05, 0) is 35.9 Å². The smallest absolute Gasteiger partial charge is 0.165 e. The molecule has 0 bridgehead atoms. The van der Waals surface area contributed by atoms with Crippen LogP contribution in [-0.4, -0.2) is 0 Å². The van der Waals surface area contributed by atoms with Crippen molar-refractivity contribution in [3.05, 3.63) is 64.2 Å². The second kappa shape index (κ2) is 5.99. The molecule has 100 valence electrons. The lowest BCUT2D eigenvalue weighted by atomic mass is 10.2. The average Bonchev–Trinajstić information content (AvgIpc) is 2.40. The van der Waals surface area contributed by atoms with Crippen LogP contribution >= 0.6 is 11.6 Å². The predicted molar refractivity (Wildman–Crippen MR) is 70.0 cm³/mol. The van der Waals surface area contributed by atoms with Crippen LogP contribution in [0.4, 0.5) is 8.78 Å². The quantitative estimate of drug-likeness (QED) is 0.929. The lowest BCUT2D eigenvalue weighted by Crippen LogP contribution is -2.01. The third-order valence-electron chi connectivity index (χ3n) is 2.62. The van der Waals surface area contributed by atoms with E-state index in [1.165, 1.54) is 30.3 Å². The molecule has 0 fully saturated rings. The topological polar surface area (TPSA) is 35.2 Å². The van der Waals surface area contributed by atoms with E-state index in [-0.39, 0.29) is 18.9 Å². The Labute approximate surface area is 114 Å². The number of rotatable bonds is 4. The maximum atomic E-state index is 13.6. The molecule has 0 aliphatic carbocycles. The Kier molecular flexibility index (Phi) is 4.35. The van der Waals surface area contributed by atoms with Crippen LogP contribution in [0.15, 0.2) is 36.4 Å². The summed E-state index contributed by atoms with van der Waals surface area (Å²) in [4.78, 5) is 0. The molecule has 0 heterocycles. The van der Waals surface area contributed by atoms with E-state index in [0.717, 1.165) is 0 Å². The second-order valence-corrected chi connectivity index (χ2v) is 4.40. The first-order chi connectivity index (χ1) is 9.10. The SMILES string of the molecule is NCc1ccc(OCc2cc(F)ccc2Cl)c(F)c1. The summed E-state index contributed by atoms with van der Waals surface area (Å²) in [5, 5.41) is 0.375. The van der Waals surface area contributed by atoms with E-state index in [0.29, 0.717) is 16.1 Å². The summed E-state index contributed by atoms with van der Waals surface area (Å²) in [5.41, 5.74) is 6.54. The first kappa shape index (κ1) is 13.8. The molecule has 19 heavy (non-hydrogen) atoms. The Bertz CT molecular complexity index is 590. The molecule has 0 saturated heterocycles. The van der Waals surface area contributed by atoms with E-state index in [1.807, 2.05) is 0 Å². The molecule has 2 N–H and O–H groups in total. The summed E-state index contributed by atoms with van der Waals surface area (Å²) >= 11 is 5.89. The number of halogens is 3. The zero-order valence-electron chi connectivity index (χ0n) is 10.00. The van der Waals surface area contributed by atoms with Crippen molar-refractivity contribution in [1.82, 2.24) is 0 Å². The number of hydrogen-bond donors (Lipinski definition) is 1. The molecular weight excluding hydrogens is 272 g/mol. The maximum Gasteiger partial charge on any atom is 0.165 e. The van der Waals surface area contributed by atoms with Gasteiger partial charge in [0.1, 0.15) is 12.4 Å². The summed E-state index contributed by atoms with van der Waals surface area (Å²) in [6.07, 6.45) is 0. The largest absolute Gasteiger partial charge is 0.486 e. The lowest BCUT2D eigenvalue weighted by Gasteiger charge is -2.09. The Morgan fingerprint density at radius 1 is 1.11 bits per heavy atom. The van der Waals surface area contributed by atoms with Gasteiger partial charge in [-0.25, -0.2) is 8.78 Å². The fraction of sp³-hybridized carbons (Fsp3) is 0.143. The number of hydrogen-bond acceptors (Lipinski definition) is 2. The molecule has 2 aromatic rings. The van der Waals surface area contributed by atoms with Gasteiger partial charge >= 0.3 is 0 Å². The zero-order valence-corrected chi connectivity index (χ0v) is 10.8. The Morgan fingerprint density at radius 2 is 1.89 bits per heavy atom. The van der Waals surface area contributed by atoms with E-state index < -0.39 is 11.6 Å². The minimum atomic E-state index is -0.504. The highest BCUT2D eigenvalue weighted by molar-refractivity contribution is 6.31. The molecule has 0 aliphatic rings. The van der Waals surface area contributed by atoms with E-state index in [4.69, 9.17) is 22.1 Å². The summed E-state index contributed by atoms with van der Waals surface area (Å²) in [6, 6.07) is 8.42. The zero-order chi connectivity index (χ0) is 13.8. The third-order valence-corrected chi connectivity index (χ3v) is 2.99. The maximum absolute atomic E-state index is 13.6. The molecule has 0 unspecified atom stereocenters. The molecule has 2 aromatic carbocycles. The average molecular weight is 284 g/mol. The first-order valence-corrected chi connectivity index (χ1v) is 6.03. The van der Waals surface area contributed by atoms with Crippen molar-refractivity contribution in [2.75, 3.05) is 0 Å². The molecule has 0 amide bonds. The van der Waals surface area contributed by atoms with Gasteiger partial charge in [0.2, 0.25) is 0 Å². The van der Waals surface area contributed by atoms with Gasteiger partial charge in [0.05, 0.1) is 0 Å². The fourth-order valence-electron chi connectivity index (χ4n) is 1.60. The van der Waals surface area contributed by atoms with Gasteiger partial charge in [-0.15, -0.1) is 0 Å². The van der Waals surface area contributed by atoms with Crippen molar-refractivity contribution >= 4 is 11.6 Å². The summed E-state index contributed by atoms with van der Waals surface area (Å²) in [5.74, 6) is -0.838. The van der Waals surface area contributed by atoms with Crippen molar-refractivity contribution in [3.63, 3.8) is 0 Å². The molecule has 0 radical (unpaired) electrons. The highest BCUT2D eigenvalue weighted by Crippen LogP contribution is 2.22. The highest BCUT2D eigenvalue weighted by atomic mass is 35.5. The van der Waals surface area contributed by atoms with E-state index in [2.05, 4.69) is 0 Å². The molecule has 2 rings (SSSR count). The van der Waals surface area contributed by atoms with Crippen molar-refractivity contribution < 1.29 is 13.5 Å². The molecular formula is C14H12ClF2NO. The van der Waals surface area contributed by atoms with Gasteiger partial charge in [-0.2, -0.15) is 0 Å². The van der Waals surface area contributed by atoms with Crippen LogP contribution in [0.1, 0.15) is 11.1 Å². The van der Waals surface area contributed by atoms with E-state index >= 15 is 0 Å². The van der Waals surface area contributed by atoms with Gasteiger partial charge in [-0.1, -0.05) is 17.7 Å². The molecule has 0 aromatic heterocycles. The lowest BCUT2D eigenvalue weighted by molar-refractivity contribution is 0.289.